The summed E-state index contributed by atoms with van der Waals surface area (Å²) in [4.78, 5) is 11.3. The lowest BCUT2D eigenvalue weighted by molar-refractivity contribution is -0.138. The van der Waals surface area contributed by atoms with Gasteiger partial charge in [-0.3, -0.25) is 0 Å². The molecule has 0 fully saturated rings. The molecule has 2 atom stereocenters. The van der Waals surface area contributed by atoms with Crippen molar-refractivity contribution in [3.8, 4) is 0 Å². The van der Waals surface area contributed by atoms with Crippen LogP contribution in [0.3, 0.4) is 0 Å². The predicted molar refractivity (Wildman–Crippen MR) is 59.0 cm³/mol. The molecule has 0 saturated carbocycles. The molecule has 82 valence electrons. The molecule has 0 amide bonds. The van der Waals surface area contributed by atoms with E-state index in [9.17, 15) is 4.79 Å². The van der Waals surface area contributed by atoms with Crippen LogP contribution in [0.2, 0.25) is 0 Å². The third-order valence-electron chi connectivity index (χ3n) is 2.75. The van der Waals surface area contributed by atoms with Crippen LogP contribution in [0.5, 0.6) is 0 Å². The Hall–Kier alpha value is -0.790. The Morgan fingerprint density at radius 1 is 1.29 bits per heavy atom. The Balaban J connectivity index is 3.99. The third kappa shape index (κ3) is 4.45. The van der Waals surface area contributed by atoms with Crippen LogP contribution in [0.25, 0.3) is 0 Å². The van der Waals surface area contributed by atoms with E-state index in [4.69, 9.17) is 4.74 Å². The van der Waals surface area contributed by atoms with Crippen molar-refractivity contribution in [2.75, 3.05) is 6.61 Å². The topological polar surface area (TPSA) is 26.3 Å². The molecule has 0 radical (unpaired) electrons. The maximum atomic E-state index is 11.3. The highest BCUT2D eigenvalue weighted by Gasteiger charge is 2.15. The van der Waals surface area contributed by atoms with Gasteiger partial charge in [0.25, 0.3) is 0 Å². The van der Waals surface area contributed by atoms with Gasteiger partial charge in [-0.15, -0.1) is 0 Å². The molecule has 14 heavy (non-hydrogen) atoms. The summed E-state index contributed by atoms with van der Waals surface area (Å²) < 4.78 is 4.88. The van der Waals surface area contributed by atoms with Crippen molar-refractivity contribution >= 4 is 5.97 Å². The first-order chi connectivity index (χ1) is 6.52. The van der Waals surface area contributed by atoms with Crippen molar-refractivity contribution in [1.29, 1.82) is 0 Å². The second kappa shape index (κ2) is 6.63. The minimum Gasteiger partial charge on any atom is -0.463 e. The minimum atomic E-state index is -0.248. The van der Waals surface area contributed by atoms with Crippen molar-refractivity contribution in [3.63, 3.8) is 0 Å². The molecule has 2 nitrogen and oxygen atoms in total. The maximum absolute atomic E-state index is 11.3. The summed E-state index contributed by atoms with van der Waals surface area (Å²) >= 11 is 0. The van der Waals surface area contributed by atoms with Gasteiger partial charge in [0.15, 0.2) is 0 Å². The number of carbonyl (C=O) groups excluding carboxylic acids is 1. The van der Waals surface area contributed by atoms with Crippen LogP contribution in [0.1, 0.15) is 40.5 Å². The van der Waals surface area contributed by atoms with Crippen LogP contribution in [0.15, 0.2) is 12.2 Å². The van der Waals surface area contributed by atoms with E-state index in [2.05, 4.69) is 27.4 Å². The number of hydrogen-bond donors (Lipinski definition) is 0. The third-order valence-corrected chi connectivity index (χ3v) is 2.75. The van der Waals surface area contributed by atoms with Gasteiger partial charge in [-0.2, -0.15) is 0 Å². The van der Waals surface area contributed by atoms with E-state index in [1.807, 2.05) is 6.92 Å². The van der Waals surface area contributed by atoms with Crippen LogP contribution in [0, 0.1) is 11.8 Å². The van der Waals surface area contributed by atoms with Gasteiger partial charge in [0.2, 0.25) is 0 Å². The zero-order chi connectivity index (χ0) is 11.1. The number of hydrogen-bond acceptors (Lipinski definition) is 2. The van der Waals surface area contributed by atoms with E-state index < -0.39 is 0 Å². The van der Waals surface area contributed by atoms with Gasteiger partial charge >= 0.3 is 5.97 Å². The number of rotatable bonds is 6. The normalized spacial score (nSPS) is 14.6. The Morgan fingerprint density at radius 2 is 1.86 bits per heavy atom. The van der Waals surface area contributed by atoms with Crippen LogP contribution >= 0.6 is 0 Å². The molecule has 0 aliphatic rings. The first-order valence-electron chi connectivity index (χ1n) is 5.37. The van der Waals surface area contributed by atoms with Gasteiger partial charge in [-0.05, 0) is 25.2 Å². The summed E-state index contributed by atoms with van der Waals surface area (Å²) in [5.74, 6) is 0.876. The molecule has 1 unspecified atom stereocenters. The lowest BCUT2D eigenvalue weighted by Crippen LogP contribution is -2.13. The van der Waals surface area contributed by atoms with E-state index in [1.165, 1.54) is 0 Å². The first kappa shape index (κ1) is 13.2. The van der Waals surface area contributed by atoms with Crippen molar-refractivity contribution in [1.82, 2.24) is 0 Å². The Morgan fingerprint density at radius 3 is 2.29 bits per heavy atom. The zero-order valence-corrected chi connectivity index (χ0v) is 9.80. The average molecular weight is 198 g/mol. The van der Waals surface area contributed by atoms with Crippen molar-refractivity contribution in [2.24, 2.45) is 11.8 Å². The Bertz CT molecular complexity index is 196. The summed E-state index contributed by atoms with van der Waals surface area (Å²) in [7, 11) is 0. The molecule has 0 spiro atoms. The molecule has 0 aliphatic heterocycles. The molecule has 0 saturated heterocycles. The molecule has 0 aromatic rings. The van der Waals surface area contributed by atoms with Gasteiger partial charge in [-0.1, -0.05) is 33.8 Å². The Labute approximate surface area is 87.3 Å². The maximum Gasteiger partial charge on any atom is 0.333 e. The summed E-state index contributed by atoms with van der Waals surface area (Å²) in [6.07, 6.45) is 1.88. The summed E-state index contributed by atoms with van der Waals surface area (Å²) in [5.41, 5.74) is 0.597. The largest absolute Gasteiger partial charge is 0.463 e. The van der Waals surface area contributed by atoms with Crippen LogP contribution in [-0.2, 0) is 9.53 Å². The SMILES string of the molecule is C=C(C[C@H](C)C(C)CC)C(=O)OCC. The van der Waals surface area contributed by atoms with Gasteiger partial charge in [0, 0.05) is 5.57 Å². The van der Waals surface area contributed by atoms with Crippen LogP contribution < -0.4 is 0 Å². The highest BCUT2D eigenvalue weighted by molar-refractivity contribution is 5.87. The molecular formula is C12H22O2. The standard InChI is InChI=1S/C12H22O2/c1-6-9(3)10(4)8-11(5)12(13)14-7-2/h9-10H,5-8H2,1-4H3/t9?,10-/m0/s1. The second-order valence-corrected chi connectivity index (χ2v) is 3.89. The zero-order valence-electron chi connectivity index (χ0n) is 9.80. The summed E-state index contributed by atoms with van der Waals surface area (Å²) in [5, 5.41) is 0. The Kier molecular flexibility index (Phi) is 6.26. The van der Waals surface area contributed by atoms with E-state index in [0.29, 0.717) is 24.0 Å². The lowest BCUT2D eigenvalue weighted by atomic mass is 9.88. The minimum absolute atomic E-state index is 0.248. The van der Waals surface area contributed by atoms with E-state index in [1.54, 1.807) is 0 Å². The number of carbonyl (C=O) groups is 1. The number of ether oxygens (including phenoxy) is 1. The number of esters is 1. The molecule has 2 heteroatoms. The molecular weight excluding hydrogens is 176 g/mol. The van der Waals surface area contributed by atoms with Gasteiger partial charge < -0.3 is 4.74 Å². The van der Waals surface area contributed by atoms with E-state index in [0.717, 1.165) is 12.8 Å². The highest BCUT2D eigenvalue weighted by atomic mass is 16.5. The molecule has 0 aromatic carbocycles. The average Bonchev–Trinajstić information content (AvgIpc) is 2.16. The molecule has 0 bridgehead atoms. The highest BCUT2D eigenvalue weighted by Crippen LogP contribution is 2.21. The van der Waals surface area contributed by atoms with E-state index >= 15 is 0 Å². The lowest BCUT2D eigenvalue weighted by Gasteiger charge is -2.18. The van der Waals surface area contributed by atoms with Gasteiger partial charge in [0.05, 0.1) is 6.61 Å². The summed E-state index contributed by atoms with van der Waals surface area (Å²) in [6.45, 7) is 12.5. The predicted octanol–water partition coefficient (Wildman–Crippen LogP) is 3.18. The van der Waals surface area contributed by atoms with Crippen molar-refractivity contribution in [2.45, 2.75) is 40.5 Å². The molecule has 0 rings (SSSR count). The quantitative estimate of drug-likeness (QED) is 0.484. The van der Waals surface area contributed by atoms with Crippen LogP contribution in [0.4, 0.5) is 0 Å². The fourth-order valence-electron chi connectivity index (χ4n) is 1.31. The van der Waals surface area contributed by atoms with Crippen molar-refractivity contribution in [3.05, 3.63) is 12.2 Å². The smallest absolute Gasteiger partial charge is 0.333 e. The molecule has 0 N–H and O–H groups in total. The van der Waals surface area contributed by atoms with Crippen LogP contribution in [-0.4, -0.2) is 12.6 Å². The first-order valence-corrected chi connectivity index (χ1v) is 5.37. The molecule has 0 aliphatic carbocycles. The summed E-state index contributed by atoms with van der Waals surface area (Å²) in [6, 6.07) is 0. The fourth-order valence-corrected chi connectivity index (χ4v) is 1.31. The van der Waals surface area contributed by atoms with Gasteiger partial charge in [0.1, 0.15) is 0 Å². The van der Waals surface area contributed by atoms with E-state index in [-0.39, 0.29) is 5.97 Å². The monoisotopic (exact) mass is 198 g/mol. The second-order valence-electron chi connectivity index (χ2n) is 3.89. The fraction of sp³-hybridized carbons (Fsp3) is 0.750. The van der Waals surface area contributed by atoms with Gasteiger partial charge in [-0.25, -0.2) is 4.79 Å². The molecule has 0 heterocycles. The molecule has 0 aromatic heterocycles. The van der Waals surface area contributed by atoms with Crippen molar-refractivity contribution < 1.29 is 9.53 Å².